The van der Waals surface area contributed by atoms with Crippen LogP contribution in [-0.2, 0) is 0 Å². The second kappa shape index (κ2) is 5.25. The Balaban J connectivity index is 1.83. The number of hydrogen-bond donors (Lipinski definition) is 0. The fourth-order valence-corrected chi connectivity index (χ4v) is 2.91. The van der Waals surface area contributed by atoms with Gasteiger partial charge in [0.05, 0.1) is 0 Å². The first-order valence-corrected chi connectivity index (χ1v) is 7.27. The Hall–Kier alpha value is -1.48. The van der Waals surface area contributed by atoms with Gasteiger partial charge in [-0.05, 0) is 31.2 Å². The molecule has 0 N–H and O–H groups in total. The minimum Gasteiger partial charge on any atom is -0.369 e. The lowest BCUT2D eigenvalue weighted by Gasteiger charge is -2.37. The van der Waals surface area contributed by atoms with E-state index < -0.39 is 0 Å². The van der Waals surface area contributed by atoms with Crippen molar-refractivity contribution in [2.45, 2.75) is 13.3 Å². The van der Waals surface area contributed by atoms with Crippen LogP contribution in [0.2, 0.25) is 0 Å². The average molecular weight is 257 g/mol. The largest absolute Gasteiger partial charge is 0.369 e. The maximum atomic E-state index is 2.51. The van der Waals surface area contributed by atoms with Crippen molar-refractivity contribution < 1.29 is 0 Å². The minimum absolute atomic E-state index is 1.00. The van der Waals surface area contributed by atoms with E-state index in [9.17, 15) is 0 Å². The summed E-state index contributed by atoms with van der Waals surface area (Å²) >= 11 is 0. The van der Waals surface area contributed by atoms with Crippen molar-refractivity contribution >= 4 is 0 Å². The van der Waals surface area contributed by atoms with Gasteiger partial charge in [0.2, 0.25) is 0 Å². The van der Waals surface area contributed by atoms with Crippen LogP contribution in [0.4, 0.5) is 0 Å². The van der Waals surface area contributed by atoms with E-state index in [0.717, 1.165) is 39.1 Å². The Kier molecular flexibility index (Phi) is 3.47. The van der Waals surface area contributed by atoms with Gasteiger partial charge in [-0.1, -0.05) is 19.1 Å². The van der Waals surface area contributed by atoms with Gasteiger partial charge in [-0.25, -0.2) is 0 Å². The first-order valence-electron chi connectivity index (χ1n) is 7.27. The van der Waals surface area contributed by atoms with Crippen LogP contribution in [0.25, 0.3) is 0 Å². The third kappa shape index (κ3) is 2.47. The van der Waals surface area contributed by atoms with Crippen molar-refractivity contribution in [3.8, 4) is 0 Å². The van der Waals surface area contributed by atoms with Crippen LogP contribution in [0.15, 0.2) is 47.5 Å². The number of allylic oxidation sites excluding steroid dienone is 4. The molecule has 0 unspecified atom stereocenters. The number of hydrogen-bond acceptors (Lipinski definition) is 3. The summed E-state index contributed by atoms with van der Waals surface area (Å²) < 4.78 is 0. The molecule has 0 aromatic rings. The lowest BCUT2D eigenvalue weighted by Crippen LogP contribution is -2.44. The molecule has 3 nitrogen and oxygen atoms in total. The lowest BCUT2D eigenvalue weighted by atomic mass is 10.0. The van der Waals surface area contributed by atoms with E-state index in [1.807, 2.05) is 0 Å². The van der Waals surface area contributed by atoms with E-state index in [4.69, 9.17) is 0 Å². The molecule has 3 heteroatoms. The van der Waals surface area contributed by atoms with Crippen molar-refractivity contribution in [1.82, 2.24) is 14.7 Å². The molecule has 3 aliphatic rings. The standard InChI is InChI=1S/C16H23N3/c1-3-14-5-4-7-19-8-6-15(13-16(14)19)18-11-9-17(2)10-12-18/h4-6,8,13H,3,7,9-12H2,1-2H3. The SMILES string of the molecule is CCC1=C2C=C(N3CCN(C)CC3)C=CN2CC=C1. The van der Waals surface area contributed by atoms with Gasteiger partial charge in [-0.3, -0.25) is 0 Å². The van der Waals surface area contributed by atoms with Crippen molar-refractivity contribution in [3.63, 3.8) is 0 Å². The summed E-state index contributed by atoms with van der Waals surface area (Å²) in [5, 5.41) is 0. The van der Waals surface area contributed by atoms with Crippen LogP contribution >= 0.6 is 0 Å². The van der Waals surface area contributed by atoms with Gasteiger partial charge in [-0.15, -0.1) is 0 Å². The molecule has 3 heterocycles. The molecule has 0 spiro atoms. The smallest absolute Gasteiger partial charge is 0.0462 e. The van der Waals surface area contributed by atoms with Gasteiger partial charge < -0.3 is 14.7 Å². The van der Waals surface area contributed by atoms with E-state index >= 15 is 0 Å². The molecule has 0 aromatic carbocycles. The minimum atomic E-state index is 1.00. The van der Waals surface area contributed by atoms with Crippen LogP contribution in [0.5, 0.6) is 0 Å². The third-order valence-corrected chi connectivity index (χ3v) is 4.22. The van der Waals surface area contributed by atoms with Crippen molar-refractivity contribution in [3.05, 3.63) is 47.5 Å². The molecule has 0 aromatic heterocycles. The van der Waals surface area contributed by atoms with Gasteiger partial charge in [0.15, 0.2) is 0 Å². The average Bonchev–Trinajstić information content (AvgIpc) is 2.47. The van der Waals surface area contributed by atoms with Crippen molar-refractivity contribution in [1.29, 1.82) is 0 Å². The Bertz CT molecular complexity index is 462. The zero-order chi connectivity index (χ0) is 13.2. The zero-order valence-electron chi connectivity index (χ0n) is 12.0. The van der Waals surface area contributed by atoms with Gasteiger partial charge in [-0.2, -0.15) is 0 Å². The molecule has 0 saturated carbocycles. The Morgan fingerprint density at radius 1 is 1.11 bits per heavy atom. The topological polar surface area (TPSA) is 9.72 Å². The first-order chi connectivity index (χ1) is 9.28. The van der Waals surface area contributed by atoms with Crippen LogP contribution in [0.1, 0.15) is 13.3 Å². The molecular weight excluding hydrogens is 234 g/mol. The number of fused-ring (bicyclic) bond motifs is 1. The third-order valence-electron chi connectivity index (χ3n) is 4.22. The first kappa shape index (κ1) is 12.5. The fraction of sp³-hybridized carbons (Fsp3) is 0.500. The number of piperazine rings is 1. The molecule has 19 heavy (non-hydrogen) atoms. The predicted molar refractivity (Wildman–Crippen MR) is 79.5 cm³/mol. The summed E-state index contributed by atoms with van der Waals surface area (Å²) in [7, 11) is 2.20. The summed E-state index contributed by atoms with van der Waals surface area (Å²) in [6, 6.07) is 0. The molecule has 3 aliphatic heterocycles. The molecule has 0 radical (unpaired) electrons. The fourth-order valence-electron chi connectivity index (χ4n) is 2.91. The monoisotopic (exact) mass is 257 g/mol. The van der Waals surface area contributed by atoms with Gasteiger partial charge in [0, 0.05) is 50.3 Å². The Labute approximate surface area is 116 Å². The maximum Gasteiger partial charge on any atom is 0.0462 e. The number of likely N-dealkylation sites (N-methyl/N-ethyl adjacent to an activating group) is 1. The van der Waals surface area contributed by atoms with Crippen LogP contribution in [0, 0.1) is 0 Å². The van der Waals surface area contributed by atoms with E-state index in [2.05, 4.69) is 59.2 Å². The summed E-state index contributed by atoms with van der Waals surface area (Å²) in [6.45, 7) is 7.83. The summed E-state index contributed by atoms with van der Waals surface area (Å²) in [6.07, 6.45) is 12.5. The highest BCUT2D eigenvalue weighted by atomic mass is 15.3. The van der Waals surface area contributed by atoms with Crippen LogP contribution < -0.4 is 0 Å². The summed E-state index contributed by atoms with van der Waals surface area (Å²) in [5.74, 6) is 0. The molecular formula is C16H23N3. The van der Waals surface area contributed by atoms with Crippen molar-refractivity contribution in [2.75, 3.05) is 39.8 Å². The lowest BCUT2D eigenvalue weighted by molar-refractivity contribution is 0.189. The summed E-state index contributed by atoms with van der Waals surface area (Å²) in [4.78, 5) is 7.25. The van der Waals surface area contributed by atoms with Crippen LogP contribution in [-0.4, -0.2) is 54.5 Å². The molecule has 0 amide bonds. The van der Waals surface area contributed by atoms with E-state index in [0.29, 0.717) is 0 Å². The summed E-state index contributed by atoms with van der Waals surface area (Å²) in [5.41, 5.74) is 4.21. The second-order valence-electron chi connectivity index (χ2n) is 5.49. The van der Waals surface area contributed by atoms with E-state index in [-0.39, 0.29) is 0 Å². The maximum absolute atomic E-state index is 2.51. The molecule has 1 fully saturated rings. The second-order valence-corrected chi connectivity index (χ2v) is 5.49. The quantitative estimate of drug-likeness (QED) is 0.751. The highest BCUT2D eigenvalue weighted by Gasteiger charge is 2.20. The van der Waals surface area contributed by atoms with E-state index in [1.165, 1.54) is 17.0 Å². The van der Waals surface area contributed by atoms with Gasteiger partial charge in [0.1, 0.15) is 0 Å². The molecule has 3 rings (SSSR count). The van der Waals surface area contributed by atoms with Crippen molar-refractivity contribution in [2.24, 2.45) is 0 Å². The molecule has 0 aliphatic carbocycles. The molecule has 1 saturated heterocycles. The zero-order valence-corrected chi connectivity index (χ0v) is 12.0. The molecule has 0 bridgehead atoms. The van der Waals surface area contributed by atoms with Gasteiger partial charge in [0.25, 0.3) is 0 Å². The van der Waals surface area contributed by atoms with E-state index in [1.54, 1.807) is 0 Å². The number of rotatable bonds is 2. The normalized spacial score (nSPS) is 23.8. The predicted octanol–water partition coefficient (Wildman–Crippen LogP) is 2.18. The number of nitrogens with zero attached hydrogens (tertiary/aromatic N) is 3. The van der Waals surface area contributed by atoms with Crippen LogP contribution in [0.3, 0.4) is 0 Å². The molecule has 102 valence electrons. The highest BCUT2D eigenvalue weighted by Crippen LogP contribution is 2.27. The Morgan fingerprint density at radius 3 is 2.63 bits per heavy atom. The van der Waals surface area contributed by atoms with Gasteiger partial charge >= 0.3 is 0 Å². The molecule has 0 atom stereocenters. The Morgan fingerprint density at radius 2 is 1.89 bits per heavy atom. The highest BCUT2D eigenvalue weighted by molar-refractivity contribution is 5.43.